The van der Waals surface area contributed by atoms with Crippen molar-refractivity contribution in [2.45, 2.75) is 32.7 Å². The maximum absolute atomic E-state index is 12.2. The minimum atomic E-state index is -0.207. The lowest BCUT2D eigenvalue weighted by atomic mass is 10.0. The summed E-state index contributed by atoms with van der Waals surface area (Å²) >= 11 is 0. The van der Waals surface area contributed by atoms with Gasteiger partial charge in [0.25, 0.3) is 0 Å². The summed E-state index contributed by atoms with van der Waals surface area (Å²) in [5.41, 5.74) is 4.24. The maximum atomic E-state index is 12.2. The number of urea groups is 1. The van der Waals surface area contributed by atoms with Crippen molar-refractivity contribution < 1.29 is 4.79 Å². The van der Waals surface area contributed by atoms with Gasteiger partial charge in [0.05, 0.1) is 11.0 Å². The van der Waals surface area contributed by atoms with Crippen LogP contribution in [0.5, 0.6) is 0 Å². The highest BCUT2D eigenvalue weighted by Crippen LogP contribution is 2.27. The Hall–Kier alpha value is -2.30. The molecule has 1 aliphatic heterocycles. The van der Waals surface area contributed by atoms with Crippen LogP contribution in [0.2, 0.25) is 0 Å². The molecule has 2 aromatic heterocycles. The first-order valence-electron chi connectivity index (χ1n) is 7.63. The molecule has 3 rings (SSSR count). The van der Waals surface area contributed by atoms with Crippen molar-refractivity contribution in [1.82, 2.24) is 20.2 Å². The number of hydrogen-bond donors (Lipinski definition) is 2. The Bertz CT molecular complexity index is 724. The van der Waals surface area contributed by atoms with E-state index in [2.05, 4.69) is 21.4 Å². The molecule has 116 valence electrons. The molecule has 0 radical (unpaired) electrons. The molecule has 0 bridgehead atoms. The standard InChI is InChI=1S/C17H22N4O/c1-17(2,3)20-16(22)21-9-6-12(7-10-21)13-11-19-14-5-4-8-18-15(13)14/h4-6,8,11,19H,7,9-10H2,1-3H3,(H,20,22). The molecule has 0 aliphatic carbocycles. The number of aromatic nitrogens is 2. The van der Waals surface area contributed by atoms with Crippen molar-refractivity contribution in [3.63, 3.8) is 0 Å². The van der Waals surface area contributed by atoms with Crippen LogP contribution in [0, 0.1) is 0 Å². The normalized spacial score (nSPS) is 15.8. The second-order valence-electron chi connectivity index (χ2n) is 6.71. The first-order chi connectivity index (χ1) is 10.4. The van der Waals surface area contributed by atoms with E-state index in [4.69, 9.17) is 0 Å². The Labute approximate surface area is 130 Å². The topological polar surface area (TPSA) is 61.0 Å². The molecular weight excluding hydrogens is 276 g/mol. The highest BCUT2D eigenvalue weighted by atomic mass is 16.2. The predicted molar refractivity (Wildman–Crippen MR) is 88.5 cm³/mol. The number of fused-ring (bicyclic) bond motifs is 1. The fourth-order valence-electron chi connectivity index (χ4n) is 2.70. The highest BCUT2D eigenvalue weighted by molar-refractivity contribution is 5.90. The third-order valence-electron chi connectivity index (χ3n) is 3.76. The largest absolute Gasteiger partial charge is 0.359 e. The van der Waals surface area contributed by atoms with Crippen LogP contribution >= 0.6 is 0 Å². The number of aromatic amines is 1. The maximum Gasteiger partial charge on any atom is 0.318 e. The number of H-pyrrole nitrogens is 1. The molecule has 0 aromatic carbocycles. The minimum Gasteiger partial charge on any atom is -0.359 e. The molecule has 3 heterocycles. The van der Waals surface area contributed by atoms with Crippen LogP contribution in [0.4, 0.5) is 4.79 Å². The van der Waals surface area contributed by atoms with Crippen molar-refractivity contribution in [3.8, 4) is 0 Å². The molecule has 0 atom stereocenters. The molecule has 0 spiro atoms. The van der Waals surface area contributed by atoms with Crippen molar-refractivity contribution in [3.05, 3.63) is 36.2 Å². The molecule has 22 heavy (non-hydrogen) atoms. The Morgan fingerprint density at radius 1 is 1.41 bits per heavy atom. The van der Waals surface area contributed by atoms with E-state index in [9.17, 15) is 4.79 Å². The summed E-state index contributed by atoms with van der Waals surface area (Å²) in [5, 5.41) is 3.01. The first-order valence-corrected chi connectivity index (χ1v) is 7.63. The van der Waals surface area contributed by atoms with Gasteiger partial charge in [0.15, 0.2) is 0 Å². The van der Waals surface area contributed by atoms with Crippen LogP contribution in [0.3, 0.4) is 0 Å². The summed E-state index contributed by atoms with van der Waals surface area (Å²) in [5.74, 6) is 0. The van der Waals surface area contributed by atoms with Gasteiger partial charge in [-0.3, -0.25) is 4.98 Å². The summed E-state index contributed by atoms with van der Waals surface area (Å²) < 4.78 is 0. The molecule has 2 amide bonds. The molecule has 5 heteroatoms. The van der Waals surface area contributed by atoms with Gasteiger partial charge in [0, 0.05) is 36.6 Å². The second kappa shape index (κ2) is 5.48. The number of nitrogens with one attached hydrogen (secondary N) is 2. The van der Waals surface area contributed by atoms with E-state index in [-0.39, 0.29) is 11.6 Å². The van der Waals surface area contributed by atoms with Crippen molar-refractivity contribution >= 4 is 22.6 Å². The number of rotatable bonds is 1. The van der Waals surface area contributed by atoms with Crippen molar-refractivity contribution in [2.75, 3.05) is 13.1 Å². The Kier molecular flexibility index (Phi) is 3.64. The van der Waals surface area contributed by atoms with Crippen molar-refractivity contribution in [1.29, 1.82) is 0 Å². The highest BCUT2D eigenvalue weighted by Gasteiger charge is 2.22. The zero-order valence-electron chi connectivity index (χ0n) is 13.3. The zero-order chi connectivity index (χ0) is 15.7. The van der Waals surface area contributed by atoms with Gasteiger partial charge in [0.1, 0.15) is 0 Å². The lowest BCUT2D eigenvalue weighted by molar-refractivity contribution is 0.193. The number of hydrogen-bond acceptors (Lipinski definition) is 2. The third-order valence-corrected chi connectivity index (χ3v) is 3.76. The Balaban J connectivity index is 1.75. The number of nitrogens with zero attached hydrogens (tertiary/aromatic N) is 2. The number of carbonyl (C=O) groups is 1. The second-order valence-corrected chi connectivity index (χ2v) is 6.71. The Morgan fingerprint density at radius 3 is 2.91 bits per heavy atom. The minimum absolute atomic E-state index is 0.000137. The van der Waals surface area contributed by atoms with E-state index in [1.54, 1.807) is 0 Å². The van der Waals surface area contributed by atoms with Gasteiger partial charge in [0.2, 0.25) is 0 Å². The van der Waals surface area contributed by atoms with Crippen LogP contribution in [-0.4, -0.2) is 39.5 Å². The average molecular weight is 298 g/mol. The van der Waals surface area contributed by atoms with E-state index in [0.717, 1.165) is 29.6 Å². The molecule has 2 aromatic rings. The molecule has 1 aliphatic rings. The van der Waals surface area contributed by atoms with Crippen LogP contribution in [0.1, 0.15) is 32.8 Å². The van der Waals surface area contributed by atoms with E-state index < -0.39 is 0 Å². The summed E-state index contributed by atoms with van der Waals surface area (Å²) in [4.78, 5) is 21.7. The summed E-state index contributed by atoms with van der Waals surface area (Å²) in [6.07, 6.45) is 6.80. The van der Waals surface area contributed by atoms with E-state index >= 15 is 0 Å². The van der Waals surface area contributed by atoms with Crippen LogP contribution in [0.15, 0.2) is 30.6 Å². The summed E-state index contributed by atoms with van der Waals surface area (Å²) in [7, 11) is 0. The molecule has 5 nitrogen and oxygen atoms in total. The molecule has 0 unspecified atom stereocenters. The molecule has 0 fully saturated rings. The fourth-order valence-corrected chi connectivity index (χ4v) is 2.70. The van der Waals surface area contributed by atoms with Gasteiger partial charge in [-0.2, -0.15) is 0 Å². The van der Waals surface area contributed by atoms with Gasteiger partial charge in [-0.25, -0.2) is 4.79 Å². The number of pyridine rings is 1. The van der Waals surface area contributed by atoms with Crippen LogP contribution in [0.25, 0.3) is 16.6 Å². The van der Waals surface area contributed by atoms with E-state index in [0.29, 0.717) is 6.54 Å². The van der Waals surface area contributed by atoms with Crippen LogP contribution < -0.4 is 5.32 Å². The zero-order valence-corrected chi connectivity index (χ0v) is 13.3. The lowest BCUT2D eigenvalue weighted by Crippen LogP contribution is -2.49. The smallest absolute Gasteiger partial charge is 0.318 e. The fraction of sp³-hybridized carbons (Fsp3) is 0.412. The van der Waals surface area contributed by atoms with E-state index in [1.807, 2.05) is 50.2 Å². The Morgan fingerprint density at radius 2 is 2.23 bits per heavy atom. The SMILES string of the molecule is CC(C)(C)NC(=O)N1CC=C(c2c[nH]c3cccnc23)CC1. The number of carbonyl (C=O) groups excluding carboxylic acids is 1. The molecular formula is C17H22N4O. The molecule has 0 saturated carbocycles. The van der Waals surface area contributed by atoms with Gasteiger partial charge >= 0.3 is 6.03 Å². The molecule has 2 N–H and O–H groups in total. The molecule has 0 saturated heterocycles. The van der Waals surface area contributed by atoms with E-state index in [1.165, 1.54) is 5.57 Å². The van der Waals surface area contributed by atoms with Gasteiger partial charge < -0.3 is 15.2 Å². The van der Waals surface area contributed by atoms with Crippen molar-refractivity contribution in [2.24, 2.45) is 0 Å². The third kappa shape index (κ3) is 2.98. The lowest BCUT2D eigenvalue weighted by Gasteiger charge is -2.30. The van der Waals surface area contributed by atoms with Gasteiger partial charge in [-0.1, -0.05) is 6.08 Å². The number of amides is 2. The monoisotopic (exact) mass is 298 g/mol. The summed E-state index contributed by atoms with van der Waals surface area (Å²) in [6, 6.07) is 3.95. The van der Waals surface area contributed by atoms with Gasteiger partial charge in [-0.15, -0.1) is 0 Å². The summed E-state index contributed by atoms with van der Waals surface area (Å²) in [6.45, 7) is 7.35. The quantitative estimate of drug-likeness (QED) is 0.849. The average Bonchev–Trinajstić information content (AvgIpc) is 2.89. The van der Waals surface area contributed by atoms with Gasteiger partial charge in [-0.05, 0) is 44.9 Å². The first kappa shape index (κ1) is 14.6. The predicted octanol–water partition coefficient (Wildman–Crippen LogP) is 3.16. The van der Waals surface area contributed by atoms with Crippen LogP contribution in [-0.2, 0) is 0 Å².